The summed E-state index contributed by atoms with van der Waals surface area (Å²) in [4.78, 5) is 19.2. The number of anilines is 1. The predicted octanol–water partition coefficient (Wildman–Crippen LogP) is 3.60. The first-order valence-corrected chi connectivity index (χ1v) is 12.3. The van der Waals surface area contributed by atoms with Crippen molar-refractivity contribution >= 4 is 21.6 Å². The molecular formula is C23H26N4O5S. The lowest BCUT2D eigenvalue weighted by Crippen LogP contribution is -2.39. The molecule has 1 aliphatic heterocycles. The summed E-state index contributed by atoms with van der Waals surface area (Å²) in [5, 5.41) is 3.84. The highest BCUT2D eigenvalue weighted by Crippen LogP contribution is 2.27. The minimum Gasteiger partial charge on any atom is -0.494 e. The molecule has 1 saturated heterocycles. The quantitative estimate of drug-likeness (QED) is 0.561. The van der Waals surface area contributed by atoms with Crippen molar-refractivity contribution in [3.63, 3.8) is 0 Å². The van der Waals surface area contributed by atoms with E-state index in [-0.39, 0.29) is 16.7 Å². The number of nitrogens with zero attached hydrogens (tertiary/aromatic N) is 3. The van der Waals surface area contributed by atoms with Crippen LogP contribution in [0.1, 0.15) is 47.8 Å². The summed E-state index contributed by atoms with van der Waals surface area (Å²) >= 11 is 0. The van der Waals surface area contributed by atoms with E-state index in [9.17, 15) is 13.2 Å². The molecule has 3 aromatic rings. The van der Waals surface area contributed by atoms with Crippen molar-refractivity contribution in [1.29, 1.82) is 0 Å². The van der Waals surface area contributed by atoms with Gasteiger partial charge in [0.2, 0.25) is 5.89 Å². The average molecular weight is 471 g/mol. The maximum Gasteiger partial charge on any atom is 0.261 e. The second kappa shape index (κ2) is 9.62. The summed E-state index contributed by atoms with van der Waals surface area (Å²) in [5.74, 6) is 1.65. The molecule has 4 rings (SSSR count). The summed E-state index contributed by atoms with van der Waals surface area (Å²) in [5.41, 5.74) is 0.861. The van der Waals surface area contributed by atoms with Gasteiger partial charge in [0.1, 0.15) is 5.75 Å². The number of carbonyl (C=O) groups excluding carboxylic acids is 1. The number of likely N-dealkylation sites (tertiary alicyclic amines) is 1. The van der Waals surface area contributed by atoms with E-state index >= 15 is 0 Å². The molecule has 174 valence electrons. The molecule has 2 aromatic carbocycles. The van der Waals surface area contributed by atoms with Crippen molar-refractivity contribution in [2.45, 2.75) is 37.5 Å². The van der Waals surface area contributed by atoms with Crippen LogP contribution < -0.4 is 9.46 Å². The number of rotatable bonds is 7. The molecule has 0 radical (unpaired) electrons. The first kappa shape index (κ1) is 22.8. The molecule has 0 saturated carbocycles. The zero-order valence-electron chi connectivity index (χ0n) is 18.5. The minimum absolute atomic E-state index is 0.0177. The van der Waals surface area contributed by atoms with Crippen LogP contribution in [-0.2, 0) is 10.0 Å². The lowest BCUT2D eigenvalue weighted by atomic mass is 9.97. The van der Waals surface area contributed by atoms with E-state index in [4.69, 9.17) is 9.26 Å². The highest BCUT2D eigenvalue weighted by atomic mass is 32.2. The number of nitrogens with one attached hydrogen (secondary N) is 1. The van der Waals surface area contributed by atoms with Crippen molar-refractivity contribution in [2.75, 3.05) is 24.4 Å². The van der Waals surface area contributed by atoms with E-state index in [0.29, 0.717) is 48.4 Å². The summed E-state index contributed by atoms with van der Waals surface area (Å²) in [7, 11) is -3.76. The minimum atomic E-state index is -3.76. The van der Waals surface area contributed by atoms with Crippen LogP contribution in [0, 0.1) is 6.92 Å². The molecule has 1 atom stereocenters. The number of ether oxygens (including phenoxy) is 1. The Morgan fingerprint density at radius 1 is 1.18 bits per heavy atom. The zero-order valence-corrected chi connectivity index (χ0v) is 19.3. The maximum absolute atomic E-state index is 13.0. The molecule has 0 bridgehead atoms. The Labute approximate surface area is 192 Å². The van der Waals surface area contributed by atoms with Gasteiger partial charge in [0.15, 0.2) is 5.82 Å². The van der Waals surface area contributed by atoms with Gasteiger partial charge in [-0.1, -0.05) is 5.16 Å². The van der Waals surface area contributed by atoms with Gasteiger partial charge in [-0.05, 0) is 75.2 Å². The number of hydrogen-bond donors (Lipinski definition) is 1. The van der Waals surface area contributed by atoms with E-state index < -0.39 is 10.0 Å². The molecule has 9 nitrogen and oxygen atoms in total. The van der Waals surface area contributed by atoms with Gasteiger partial charge in [0.05, 0.1) is 17.4 Å². The fraction of sp³-hybridized carbons (Fsp3) is 0.348. The number of benzene rings is 2. The zero-order chi connectivity index (χ0) is 23.4. The summed E-state index contributed by atoms with van der Waals surface area (Å²) in [6, 6.07) is 12.6. The molecule has 2 heterocycles. The van der Waals surface area contributed by atoms with Gasteiger partial charge in [0, 0.05) is 24.3 Å². The predicted molar refractivity (Wildman–Crippen MR) is 122 cm³/mol. The maximum atomic E-state index is 13.0. The number of amides is 1. The molecule has 1 fully saturated rings. The molecule has 33 heavy (non-hydrogen) atoms. The molecule has 1 aliphatic rings. The molecule has 0 spiro atoms. The van der Waals surface area contributed by atoms with Crippen molar-refractivity contribution < 1.29 is 22.5 Å². The third-order valence-corrected chi connectivity index (χ3v) is 6.83. The van der Waals surface area contributed by atoms with Crippen molar-refractivity contribution in [3.05, 3.63) is 65.8 Å². The van der Waals surface area contributed by atoms with Gasteiger partial charge in [-0.25, -0.2) is 8.42 Å². The fourth-order valence-electron chi connectivity index (χ4n) is 3.80. The Morgan fingerprint density at radius 2 is 1.91 bits per heavy atom. The van der Waals surface area contributed by atoms with E-state index in [2.05, 4.69) is 14.9 Å². The van der Waals surface area contributed by atoms with Gasteiger partial charge < -0.3 is 14.2 Å². The van der Waals surface area contributed by atoms with E-state index in [1.807, 2.05) is 6.92 Å². The molecule has 0 aliphatic carbocycles. The molecular weight excluding hydrogens is 444 g/mol. The molecule has 10 heteroatoms. The molecule has 1 aromatic heterocycles. The molecule has 1 amide bonds. The van der Waals surface area contributed by atoms with Crippen molar-refractivity contribution in [2.24, 2.45) is 0 Å². The third kappa shape index (κ3) is 5.33. The number of aromatic nitrogens is 2. The number of sulfonamides is 1. The number of aryl methyl sites for hydroxylation is 1. The second-order valence-corrected chi connectivity index (χ2v) is 9.54. The van der Waals surface area contributed by atoms with Crippen LogP contribution >= 0.6 is 0 Å². The highest BCUT2D eigenvalue weighted by molar-refractivity contribution is 7.92. The van der Waals surface area contributed by atoms with Crippen LogP contribution in [0.3, 0.4) is 0 Å². The largest absolute Gasteiger partial charge is 0.494 e. The van der Waals surface area contributed by atoms with Crippen molar-refractivity contribution in [3.8, 4) is 5.75 Å². The van der Waals surface area contributed by atoms with E-state index in [1.54, 1.807) is 48.2 Å². The lowest BCUT2D eigenvalue weighted by molar-refractivity contribution is 0.0695. The first-order chi connectivity index (χ1) is 15.9. The smallest absolute Gasteiger partial charge is 0.261 e. The van der Waals surface area contributed by atoms with Crippen LogP contribution in [-0.4, -0.2) is 49.1 Å². The standard InChI is InChI=1S/C23H26N4O5S/c1-3-31-20-10-12-21(13-11-20)33(29,30)26-19-8-6-17(7-9-19)23(28)27-14-4-5-18(15-27)22-24-16(2)25-32-22/h6-13,18,26H,3-5,14-15H2,1-2H3. The Bertz CT molecular complexity index is 1210. The third-order valence-electron chi connectivity index (χ3n) is 5.43. The SMILES string of the molecule is CCOc1ccc(S(=O)(=O)Nc2ccc(C(=O)N3CCCC(c4nc(C)no4)C3)cc2)cc1. The summed E-state index contributed by atoms with van der Waals surface area (Å²) in [6.45, 7) is 5.29. The second-order valence-electron chi connectivity index (χ2n) is 7.86. The number of piperidine rings is 1. The average Bonchev–Trinajstić information content (AvgIpc) is 3.26. The Hall–Kier alpha value is -3.40. The van der Waals surface area contributed by atoms with Crippen LogP contribution in [0.15, 0.2) is 57.9 Å². The van der Waals surface area contributed by atoms with Crippen LogP contribution in [0.5, 0.6) is 5.75 Å². The van der Waals surface area contributed by atoms with Gasteiger partial charge in [-0.3, -0.25) is 9.52 Å². The Kier molecular flexibility index (Phi) is 6.64. The summed E-state index contributed by atoms with van der Waals surface area (Å²) < 4.78 is 38.5. The monoisotopic (exact) mass is 470 g/mol. The first-order valence-electron chi connectivity index (χ1n) is 10.8. The van der Waals surface area contributed by atoms with Gasteiger partial charge in [-0.2, -0.15) is 4.98 Å². The summed E-state index contributed by atoms with van der Waals surface area (Å²) in [6.07, 6.45) is 1.73. The highest BCUT2D eigenvalue weighted by Gasteiger charge is 2.29. The topological polar surface area (TPSA) is 115 Å². The van der Waals surface area contributed by atoms with Crippen LogP contribution in [0.2, 0.25) is 0 Å². The number of carbonyl (C=O) groups is 1. The van der Waals surface area contributed by atoms with Gasteiger partial charge in [0.25, 0.3) is 15.9 Å². The van der Waals surface area contributed by atoms with E-state index in [0.717, 1.165) is 12.8 Å². The van der Waals surface area contributed by atoms with Gasteiger partial charge >= 0.3 is 0 Å². The lowest BCUT2D eigenvalue weighted by Gasteiger charge is -2.31. The van der Waals surface area contributed by atoms with Crippen LogP contribution in [0.25, 0.3) is 0 Å². The van der Waals surface area contributed by atoms with Crippen LogP contribution in [0.4, 0.5) is 5.69 Å². The fourth-order valence-corrected chi connectivity index (χ4v) is 4.86. The van der Waals surface area contributed by atoms with Crippen molar-refractivity contribution in [1.82, 2.24) is 15.0 Å². The molecule has 1 N–H and O–H groups in total. The number of hydrogen-bond acceptors (Lipinski definition) is 7. The Balaban J connectivity index is 1.41. The Morgan fingerprint density at radius 3 is 2.55 bits per heavy atom. The normalized spacial score (nSPS) is 16.4. The molecule has 1 unspecified atom stereocenters. The van der Waals surface area contributed by atoms with Gasteiger partial charge in [-0.15, -0.1) is 0 Å². The van der Waals surface area contributed by atoms with E-state index in [1.165, 1.54) is 12.1 Å².